The zero-order chi connectivity index (χ0) is 21.4. The molecule has 1 aromatic carbocycles. The van der Waals surface area contributed by atoms with Crippen molar-refractivity contribution in [2.75, 3.05) is 18.6 Å². The summed E-state index contributed by atoms with van der Waals surface area (Å²) in [5, 5.41) is 0. The third-order valence-corrected chi connectivity index (χ3v) is 7.52. The maximum Gasteiger partial charge on any atom is 0.414 e. The van der Waals surface area contributed by atoms with Gasteiger partial charge < -0.3 is 14.0 Å². The average Bonchev–Trinajstić information content (AvgIpc) is 3.17. The number of ether oxygens (including phenoxy) is 2. The first-order valence-electron chi connectivity index (χ1n) is 12.2. The number of rotatable bonds is 3. The maximum atomic E-state index is 12.5. The second-order valence-corrected chi connectivity index (χ2v) is 9.54. The molecule has 2 fully saturated rings. The smallest absolute Gasteiger partial charge is 0.414 e. The van der Waals surface area contributed by atoms with Crippen molar-refractivity contribution in [1.82, 2.24) is 9.55 Å². The number of carbonyl (C=O) groups excluding carboxylic acids is 1. The fourth-order valence-corrected chi connectivity index (χ4v) is 5.89. The first-order valence-corrected chi connectivity index (χ1v) is 12.2. The van der Waals surface area contributed by atoms with E-state index < -0.39 is 0 Å². The average molecular weight is 426 g/mol. The molecule has 0 radical (unpaired) electrons. The van der Waals surface area contributed by atoms with Gasteiger partial charge in [-0.3, -0.25) is 4.90 Å². The molecule has 0 unspecified atom stereocenters. The van der Waals surface area contributed by atoms with Gasteiger partial charge in [-0.05, 0) is 64.0 Å². The Morgan fingerprint density at radius 3 is 2.68 bits per heavy atom. The molecular formula is C25H35N3O3. The number of amides is 1. The van der Waals surface area contributed by atoms with Crippen LogP contribution in [0.25, 0.3) is 11.0 Å². The Morgan fingerprint density at radius 2 is 1.94 bits per heavy atom. The third-order valence-electron chi connectivity index (χ3n) is 7.52. The molecule has 2 atom stereocenters. The van der Waals surface area contributed by atoms with Crippen molar-refractivity contribution < 1.29 is 14.3 Å². The van der Waals surface area contributed by atoms with Gasteiger partial charge >= 0.3 is 6.09 Å². The molecule has 5 rings (SSSR count). The molecule has 0 bridgehead atoms. The third kappa shape index (κ3) is 3.84. The number of imidazole rings is 1. The molecule has 1 aliphatic carbocycles. The Morgan fingerprint density at radius 1 is 1.13 bits per heavy atom. The topological polar surface area (TPSA) is 56.6 Å². The highest BCUT2D eigenvalue weighted by atomic mass is 16.5. The number of benzene rings is 1. The molecule has 0 spiro atoms. The summed E-state index contributed by atoms with van der Waals surface area (Å²) < 4.78 is 13.7. The van der Waals surface area contributed by atoms with Crippen LogP contribution >= 0.6 is 0 Å². The van der Waals surface area contributed by atoms with Crippen molar-refractivity contribution >= 4 is 22.8 Å². The van der Waals surface area contributed by atoms with Crippen molar-refractivity contribution in [1.29, 1.82) is 0 Å². The molecule has 1 amide bonds. The second kappa shape index (κ2) is 8.81. The zero-order valence-electron chi connectivity index (χ0n) is 18.9. The van der Waals surface area contributed by atoms with Crippen LogP contribution in [-0.4, -0.2) is 41.5 Å². The number of carbonyl (C=O) groups is 1. The summed E-state index contributed by atoms with van der Waals surface area (Å²) in [6.45, 7) is 2.96. The van der Waals surface area contributed by atoms with Gasteiger partial charge in [-0.15, -0.1) is 0 Å². The molecule has 1 saturated carbocycles. The number of anilines is 1. The number of fused-ring (bicyclic) bond motifs is 3. The maximum absolute atomic E-state index is 12.5. The van der Waals surface area contributed by atoms with E-state index in [0.29, 0.717) is 6.04 Å². The van der Waals surface area contributed by atoms with Crippen LogP contribution in [0.2, 0.25) is 0 Å². The number of hydrogen-bond acceptors (Lipinski definition) is 4. The lowest BCUT2D eigenvalue weighted by atomic mass is 9.94. The van der Waals surface area contributed by atoms with Gasteiger partial charge in [0.1, 0.15) is 5.82 Å². The summed E-state index contributed by atoms with van der Waals surface area (Å²) in [4.78, 5) is 19.6. The van der Waals surface area contributed by atoms with Crippen molar-refractivity contribution in [3.8, 4) is 0 Å². The van der Waals surface area contributed by atoms with Gasteiger partial charge in [0, 0.05) is 30.7 Å². The van der Waals surface area contributed by atoms with Gasteiger partial charge in [-0.25, -0.2) is 9.78 Å². The quantitative estimate of drug-likeness (QED) is 0.646. The summed E-state index contributed by atoms with van der Waals surface area (Å²) in [7, 11) is 1.46. The molecule has 168 valence electrons. The highest BCUT2D eigenvalue weighted by Gasteiger charge is 2.32. The van der Waals surface area contributed by atoms with Crippen LogP contribution in [0.4, 0.5) is 10.5 Å². The van der Waals surface area contributed by atoms with Crippen molar-refractivity contribution in [2.24, 2.45) is 0 Å². The molecular weight excluding hydrogens is 390 g/mol. The van der Waals surface area contributed by atoms with Crippen LogP contribution in [0, 0.1) is 0 Å². The van der Waals surface area contributed by atoms with Crippen LogP contribution in [0.1, 0.15) is 82.1 Å². The summed E-state index contributed by atoms with van der Waals surface area (Å²) >= 11 is 0. The normalized spacial score (nSPS) is 24.9. The molecule has 3 aliphatic rings. The van der Waals surface area contributed by atoms with Gasteiger partial charge in [0.2, 0.25) is 0 Å². The van der Waals surface area contributed by atoms with Gasteiger partial charge in [0.25, 0.3) is 0 Å². The van der Waals surface area contributed by atoms with E-state index in [2.05, 4.69) is 23.6 Å². The van der Waals surface area contributed by atoms with E-state index in [1.54, 1.807) is 0 Å². The van der Waals surface area contributed by atoms with E-state index in [1.807, 2.05) is 4.90 Å². The van der Waals surface area contributed by atoms with Crippen molar-refractivity contribution in [2.45, 2.75) is 95.7 Å². The van der Waals surface area contributed by atoms with Crippen molar-refractivity contribution in [3.05, 3.63) is 23.5 Å². The van der Waals surface area contributed by atoms with Crippen LogP contribution < -0.4 is 4.90 Å². The first-order chi connectivity index (χ1) is 15.2. The van der Waals surface area contributed by atoms with Crippen LogP contribution in [0.5, 0.6) is 0 Å². The minimum absolute atomic E-state index is 0.132. The Bertz CT molecular complexity index is 941. The molecule has 2 aromatic rings. The van der Waals surface area contributed by atoms with Gasteiger partial charge in [0.15, 0.2) is 0 Å². The number of nitrogens with zero attached hydrogens (tertiary/aromatic N) is 3. The SMILES string of the molecule is COC(=O)N1c2ccc3c(nc(C[C@@H]4CCCCO4)n3C3CCCCC3)c2CC[C@@H]1C. The van der Waals surface area contributed by atoms with Crippen molar-refractivity contribution in [3.63, 3.8) is 0 Å². The predicted molar refractivity (Wildman–Crippen MR) is 122 cm³/mol. The van der Waals surface area contributed by atoms with Crippen LogP contribution in [0.15, 0.2) is 12.1 Å². The Labute approximate surface area is 184 Å². The number of hydrogen-bond donors (Lipinski definition) is 0. The number of aromatic nitrogens is 2. The summed E-state index contributed by atoms with van der Waals surface area (Å²) in [6, 6.07) is 4.96. The summed E-state index contributed by atoms with van der Waals surface area (Å²) in [5.41, 5.74) is 4.47. The molecule has 3 heterocycles. The van der Waals surface area contributed by atoms with Gasteiger partial charge in [0.05, 0.1) is 29.9 Å². The Kier molecular flexibility index (Phi) is 5.91. The largest absolute Gasteiger partial charge is 0.452 e. The van der Waals surface area contributed by atoms with E-state index in [4.69, 9.17) is 14.5 Å². The molecule has 2 aliphatic heterocycles. The Hall–Kier alpha value is -2.08. The van der Waals surface area contributed by atoms with E-state index in [9.17, 15) is 4.79 Å². The summed E-state index contributed by atoms with van der Waals surface area (Å²) in [5.74, 6) is 1.17. The molecule has 6 heteroatoms. The highest BCUT2D eigenvalue weighted by molar-refractivity contribution is 5.95. The second-order valence-electron chi connectivity index (χ2n) is 9.54. The molecule has 0 N–H and O–H groups in total. The first kappa shape index (κ1) is 20.8. The Balaban J connectivity index is 1.60. The van der Waals surface area contributed by atoms with E-state index in [-0.39, 0.29) is 18.2 Å². The van der Waals surface area contributed by atoms with Crippen LogP contribution in [0.3, 0.4) is 0 Å². The minimum atomic E-state index is -0.282. The minimum Gasteiger partial charge on any atom is -0.452 e. The number of methoxy groups -OCH3 is 1. The van der Waals surface area contributed by atoms with E-state index >= 15 is 0 Å². The summed E-state index contributed by atoms with van der Waals surface area (Å²) in [6.07, 6.45) is 12.7. The highest BCUT2D eigenvalue weighted by Crippen LogP contribution is 2.39. The lowest BCUT2D eigenvalue weighted by Crippen LogP contribution is -2.42. The molecule has 1 saturated heterocycles. The fourth-order valence-electron chi connectivity index (χ4n) is 5.89. The molecule has 31 heavy (non-hydrogen) atoms. The lowest BCUT2D eigenvalue weighted by molar-refractivity contribution is 0.0149. The molecule has 6 nitrogen and oxygen atoms in total. The zero-order valence-corrected chi connectivity index (χ0v) is 18.9. The predicted octanol–water partition coefficient (Wildman–Crippen LogP) is 5.56. The van der Waals surface area contributed by atoms with Crippen LogP contribution in [-0.2, 0) is 22.3 Å². The monoisotopic (exact) mass is 425 g/mol. The van der Waals surface area contributed by atoms with E-state index in [0.717, 1.165) is 43.5 Å². The van der Waals surface area contributed by atoms with E-state index in [1.165, 1.54) is 69.0 Å². The lowest BCUT2D eigenvalue weighted by Gasteiger charge is -2.34. The standard InChI is InChI=1S/C25H35N3O3/c1-17-11-12-20-21(27(17)25(29)30-2)13-14-22-24(20)26-23(16-19-10-6-7-15-31-19)28(22)18-8-4-3-5-9-18/h13-14,17-19H,3-12,15-16H2,1-2H3/t17-,19-/m0/s1. The number of aryl methyl sites for hydroxylation is 1. The van der Waals surface area contributed by atoms with Gasteiger partial charge in [-0.1, -0.05) is 19.3 Å². The molecule has 1 aromatic heterocycles. The van der Waals surface area contributed by atoms with Gasteiger partial charge in [-0.2, -0.15) is 0 Å². The fraction of sp³-hybridized carbons (Fsp3) is 0.680.